The van der Waals surface area contributed by atoms with E-state index in [4.69, 9.17) is 4.52 Å². The number of hydrogen-bond donors (Lipinski definition) is 0. The summed E-state index contributed by atoms with van der Waals surface area (Å²) in [5.74, 6) is 1.18. The Kier molecular flexibility index (Phi) is 2.96. The van der Waals surface area contributed by atoms with Crippen molar-refractivity contribution >= 4 is 0 Å². The maximum atomic E-state index is 4.80. The van der Waals surface area contributed by atoms with Gasteiger partial charge in [0.05, 0.1) is 0 Å². The Hall–Kier alpha value is -1.71. The van der Waals surface area contributed by atoms with Gasteiger partial charge < -0.3 is 4.52 Å². The van der Waals surface area contributed by atoms with Crippen molar-refractivity contribution in [3.8, 4) is 11.3 Å². The molecule has 0 aliphatic heterocycles. The van der Waals surface area contributed by atoms with E-state index in [0.717, 1.165) is 17.1 Å². The normalized spacial score (nSPS) is 13.6. The lowest BCUT2D eigenvalue weighted by atomic mass is 9.81. The number of nitrogens with zero attached hydrogens (tertiary/aromatic N) is 3. The summed E-state index contributed by atoms with van der Waals surface area (Å²) < 4.78 is 4.80. The van der Waals surface area contributed by atoms with Gasteiger partial charge in [-0.3, -0.25) is 0 Å². The van der Waals surface area contributed by atoms with Gasteiger partial charge in [0.15, 0.2) is 0 Å². The fourth-order valence-corrected chi connectivity index (χ4v) is 1.44. The maximum Gasteiger partial charge on any atom is 0.131 e. The first-order valence-electron chi connectivity index (χ1n) is 5.71. The zero-order chi connectivity index (χ0) is 12.5. The molecule has 1 atom stereocenters. The van der Waals surface area contributed by atoms with Gasteiger partial charge in [0.1, 0.15) is 17.8 Å². The van der Waals surface area contributed by atoms with Crippen LogP contribution in [0.15, 0.2) is 29.2 Å². The molecule has 2 heterocycles. The Labute approximate surface area is 101 Å². The molecule has 2 aromatic heterocycles. The van der Waals surface area contributed by atoms with Crippen LogP contribution >= 0.6 is 0 Å². The molecule has 0 aliphatic carbocycles. The summed E-state index contributed by atoms with van der Waals surface area (Å²) in [7, 11) is 0. The second kappa shape index (κ2) is 4.28. The van der Waals surface area contributed by atoms with Crippen LogP contribution in [0.1, 0.15) is 39.4 Å². The average molecular weight is 231 g/mol. The lowest BCUT2D eigenvalue weighted by molar-refractivity contribution is 0.328. The molecule has 0 bridgehead atoms. The minimum atomic E-state index is 0.162. The molecule has 0 saturated heterocycles. The topological polar surface area (TPSA) is 51.8 Å². The van der Waals surface area contributed by atoms with Crippen LogP contribution in [0.4, 0.5) is 0 Å². The van der Waals surface area contributed by atoms with Crippen molar-refractivity contribution in [1.29, 1.82) is 0 Å². The largest absolute Gasteiger partial charge is 0.364 e. The molecule has 2 aromatic rings. The van der Waals surface area contributed by atoms with Crippen LogP contribution in [0.25, 0.3) is 11.3 Å². The van der Waals surface area contributed by atoms with E-state index in [1.165, 1.54) is 0 Å². The van der Waals surface area contributed by atoms with Crippen molar-refractivity contribution < 1.29 is 4.52 Å². The second-order valence-corrected chi connectivity index (χ2v) is 5.30. The van der Waals surface area contributed by atoms with Crippen molar-refractivity contribution in [3.63, 3.8) is 0 Å². The van der Waals surface area contributed by atoms with E-state index in [1.807, 2.05) is 0 Å². The fraction of sp³-hybridized carbons (Fsp3) is 0.462. The SMILES string of the molecule is C[C@@H](c1ncc(-c2ccon2)cn1)C(C)(C)C. The summed E-state index contributed by atoms with van der Waals surface area (Å²) >= 11 is 0. The van der Waals surface area contributed by atoms with Gasteiger partial charge in [-0.05, 0) is 5.41 Å². The van der Waals surface area contributed by atoms with Gasteiger partial charge in [-0.15, -0.1) is 0 Å². The first kappa shape index (κ1) is 11.8. The highest BCUT2D eigenvalue weighted by Gasteiger charge is 2.23. The molecule has 0 fully saturated rings. The molecule has 90 valence electrons. The average Bonchev–Trinajstić information content (AvgIpc) is 2.80. The molecule has 0 aliphatic rings. The molecule has 0 saturated carbocycles. The van der Waals surface area contributed by atoms with Gasteiger partial charge in [0.2, 0.25) is 0 Å². The molecular formula is C13H17N3O. The van der Waals surface area contributed by atoms with Crippen LogP contribution in [0, 0.1) is 5.41 Å². The summed E-state index contributed by atoms with van der Waals surface area (Å²) in [5, 5.41) is 3.85. The smallest absolute Gasteiger partial charge is 0.131 e. The van der Waals surface area contributed by atoms with Crippen molar-refractivity contribution in [1.82, 2.24) is 15.1 Å². The third-order valence-electron chi connectivity index (χ3n) is 3.09. The van der Waals surface area contributed by atoms with Crippen LogP contribution in [0.2, 0.25) is 0 Å². The summed E-state index contributed by atoms with van der Waals surface area (Å²) in [6, 6.07) is 1.80. The van der Waals surface area contributed by atoms with E-state index in [2.05, 4.69) is 42.8 Å². The third kappa shape index (κ3) is 2.52. The summed E-state index contributed by atoms with van der Waals surface area (Å²) in [4.78, 5) is 8.82. The predicted molar refractivity (Wildman–Crippen MR) is 65.4 cm³/mol. The maximum absolute atomic E-state index is 4.80. The minimum absolute atomic E-state index is 0.162. The van der Waals surface area contributed by atoms with E-state index < -0.39 is 0 Å². The lowest BCUT2D eigenvalue weighted by Gasteiger charge is -2.25. The Morgan fingerprint density at radius 1 is 1.18 bits per heavy atom. The standard InChI is InChI=1S/C13H17N3O/c1-9(13(2,3)4)12-14-7-10(8-15-12)11-5-6-17-16-11/h5-9H,1-4H3/t9-/m0/s1. The van der Waals surface area contributed by atoms with Crippen molar-refractivity contribution in [2.45, 2.75) is 33.6 Å². The van der Waals surface area contributed by atoms with E-state index in [-0.39, 0.29) is 5.41 Å². The highest BCUT2D eigenvalue weighted by atomic mass is 16.5. The third-order valence-corrected chi connectivity index (χ3v) is 3.09. The Balaban J connectivity index is 2.25. The van der Waals surface area contributed by atoms with E-state index >= 15 is 0 Å². The van der Waals surface area contributed by atoms with Crippen molar-refractivity contribution in [2.24, 2.45) is 5.41 Å². The molecule has 0 spiro atoms. The van der Waals surface area contributed by atoms with Gasteiger partial charge in [0, 0.05) is 29.9 Å². The number of rotatable bonds is 2. The monoisotopic (exact) mass is 231 g/mol. The van der Waals surface area contributed by atoms with Crippen molar-refractivity contribution in [2.75, 3.05) is 0 Å². The highest BCUT2D eigenvalue weighted by Crippen LogP contribution is 2.32. The van der Waals surface area contributed by atoms with E-state index in [0.29, 0.717) is 5.92 Å². The van der Waals surface area contributed by atoms with Gasteiger partial charge in [0.25, 0.3) is 0 Å². The molecule has 4 nitrogen and oxygen atoms in total. The molecule has 0 amide bonds. The molecule has 17 heavy (non-hydrogen) atoms. The Bertz CT molecular complexity index is 468. The lowest BCUT2D eigenvalue weighted by Crippen LogP contribution is -2.17. The summed E-state index contributed by atoms with van der Waals surface area (Å²) in [5.41, 5.74) is 1.80. The number of aromatic nitrogens is 3. The van der Waals surface area contributed by atoms with E-state index in [1.54, 1.807) is 24.7 Å². The minimum Gasteiger partial charge on any atom is -0.364 e. The molecule has 0 radical (unpaired) electrons. The van der Waals surface area contributed by atoms with Crippen LogP contribution in [0.3, 0.4) is 0 Å². The van der Waals surface area contributed by atoms with Crippen LogP contribution in [0.5, 0.6) is 0 Å². The quantitative estimate of drug-likeness (QED) is 0.795. The molecule has 0 N–H and O–H groups in total. The van der Waals surface area contributed by atoms with Gasteiger partial charge >= 0.3 is 0 Å². The molecule has 0 aromatic carbocycles. The van der Waals surface area contributed by atoms with Gasteiger partial charge in [-0.1, -0.05) is 32.9 Å². The predicted octanol–water partition coefficient (Wildman–Crippen LogP) is 3.28. The van der Waals surface area contributed by atoms with Crippen LogP contribution in [-0.4, -0.2) is 15.1 Å². The first-order valence-corrected chi connectivity index (χ1v) is 5.71. The second-order valence-electron chi connectivity index (χ2n) is 5.30. The summed E-state index contributed by atoms with van der Waals surface area (Å²) in [6.07, 6.45) is 5.13. The number of hydrogen-bond acceptors (Lipinski definition) is 4. The molecule has 4 heteroatoms. The van der Waals surface area contributed by atoms with Gasteiger partial charge in [-0.2, -0.15) is 0 Å². The Morgan fingerprint density at radius 3 is 2.29 bits per heavy atom. The van der Waals surface area contributed by atoms with Crippen molar-refractivity contribution in [3.05, 3.63) is 30.5 Å². The zero-order valence-corrected chi connectivity index (χ0v) is 10.6. The molecule has 2 rings (SSSR count). The van der Waals surface area contributed by atoms with Crippen LogP contribution < -0.4 is 0 Å². The van der Waals surface area contributed by atoms with E-state index in [9.17, 15) is 0 Å². The fourth-order valence-electron chi connectivity index (χ4n) is 1.44. The van der Waals surface area contributed by atoms with Crippen LogP contribution in [-0.2, 0) is 0 Å². The highest BCUT2D eigenvalue weighted by molar-refractivity contribution is 5.55. The Morgan fingerprint density at radius 2 is 1.82 bits per heavy atom. The van der Waals surface area contributed by atoms with Gasteiger partial charge in [-0.25, -0.2) is 9.97 Å². The zero-order valence-electron chi connectivity index (χ0n) is 10.6. The molecule has 0 unspecified atom stereocenters. The first-order chi connectivity index (χ1) is 7.98. The molecular weight excluding hydrogens is 214 g/mol. The summed E-state index contributed by atoms with van der Waals surface area (Å²) in [6.45, 7) is 8.71.